The molecule has 0 saturated carbocycles. The fraction of sp³-hybridized carbons (Fsp3) is 0.136. The Bertz CT molecular complexity index is 1250. The lowest BCUT2D eigenvalue weighted by Crippen LogP contribution is -2.10. The number of benzene rings is 3. The predicted molar refractivity (Wildman–Crippen MR) is 119 cm³/mol. The summed E-state index contributed by atoms with van der Waals surface area (Å²) in [6, 6.07) is 19.6. The first-order valence-corrected chi connectivity index (χ1v) is 10.0. The zero-order chi connectivity index (χ0) is 20.4. The molecule has 2 N–H and O–H groups in total. The minimum atomic E-state index is -0.426. The van der Waals surface area contributed by atoms with Crippen LogP contribution in [0.1, 0.15) is 6.92 Å². The van der Waals surface area contributed by atoms with E-state index in [1.54, 1.807) is 4.57 Å². The van der Waals surface area contributed by atoms with Gasteiger partial charge in [0.25, 0.3) is 5.91 Å². The predicted octanol–water partition coefficient (Wildman–Crippen LogP) is 6.00. The molecule has 3 aromatic carbocycles. The van der Waals surface area contributed by atoms with Crippen LogP contribution in [0.5, 0.6) is 5.88 Å². The lowest BCUT2D eigenvalue weighted by atomic mass is 10.1. The number of halogens is 1. The number of aromatic hydroxyl groups is 1. The van der Waals surface area contributed by atoms with E-state index < -0.39 is 5.91 Å². The maximum absolute atomic E-state index is 12.2. The van der Waals surface area contributed by atoms with Crippen LogP contribution in [0.2, 0.25) is 0 Å². The zero-order valence-corrected chi connectivity index (χ0v) is 17.3. The molecule has 0 saturated heterocycles. The van der Waals surface area contributed by atoms with Gasteiger partial charge in [-0.1, -0.05) is 46.3 Å². The Labute approximate surface area is 176 Å². The van der Waals surface area contributed by atoms with Gasteiger partial charge in [0.15, 0.2) is 5.69 Å². The Kier molecular flexibility index (Phi) is 5.31. The molecule has 0 fully saturated rings. The molecule has 0 radical (unpaired) electrons. The average molecular weight is 451 g/mol. The summed E-state index contributed by atoms with van der Waals surface area (Å²) in [4.78, 5) is 12.2. The van der Waals surface area contributed by atoms with Gasteiger partial charge in [0.05, 0.1) is 12.1 Å². The van der Waals surface area contributed by atoms with Gasteiger partial charge in [-0.05, 0) is 48.0 Å². The minimum absolute atomic E-state index is 0.000335. The van der Waals surface area contributed by atoms with Crippen molar-refractivity contribution in [2.75, 3.05) is 11.9 Å². The molecule has 1 aromatic heterocycles. The van der Waals surface area contributed by atoms with Gasteiger partial charge in [0.2, 0.25) is 5.88 Å². The van der Waals surface area contributed by atoms with Gasteiger partial charge in [0.1, 0.15) is 0 Å². The summed E-state index contributed by atoms with van der Waals surface area (Å²) in [5, 5.41) is 24.4. The summed E-state index contributed by atoms with van der Waals surface area (Å²) in [5.41, 5.74) is 1.97. The summed E-state index contributed by atoms with van der Waals surface area (Å²) < 4.78 is 2.59. The molecular weight excluding hydrogens is 432 g/mol. The van der Waals surface area contributed by atoms with Crippen LogP contribution in [-0.2, 0) is 11.3 Å². The second-order valence-corrected chi connectivity index (χ2v) is 7.50. The number of anilines is 1. The molecule has 4 rings (SSSR count). The highest BCUT2D eigenvalue weighted by Crippen LogP contribution is 2.39. The number of aryl methyl sites for hydroxylation is 1. The number of carbonyl (C=O) groups excluding carboxylic acids is 1. The summed E-state index contributed by atoms with van der Waals surface area (Å²) in [7, 11) is 0. The number of carbonyl (C=O) groups is 1. The van der Waals surface area contributed by atoms with Crippen LogP contribution in [0.25, 0.3) is 21.7 Å². The van der Waals surface area contributed by atoms with Crippen LogP contribution in [0.15, 0.2) is 75.4 Å². The van der Waals surface area contributed by atoms with Crippen molar-refractivity contribution in [3.63, 3.8) is 0 Å². The van der Waals surface area contributed by atoms with E-state index >= 15 is 0 Å². The number of aromatic nitrogens is 1. The first-order chi connectivity index (χ1) is 14.1. The van der Waals surface area contributed by atoms with Gasteiger partial charge >= 0.3 is 0 Å². The van der Waals surface area contributed by atoms with E-state index in [2.05, 4.69) is 31.5 Å². The SMILES string of the molecule is CCn1c(O)c(N=NC(=O)CNc2ccc3ccccc3c2)c2cc(Br)ccc21. The molecule has 1 amide bonds. The summed E-state index contributed by atoms with van der Waals surface area (Å²) in [5.74, 6) is -0.426. The van der Waals surface area contributed by atoms with Crippen molar-refractivity contribution in [3.8, 4) is 5.88 Å². The Morgan fingerprint density at radius 3 is 2.69 bits per heavy atom. The first-order valence-electron chi connectivity index (χ1n) is 9.24. The lowest BCUT2D eigenvalue weighted by Gasteiger charge is -2.05. The minimum Gasteiger partial charge on any atom is -0.493 e. The number of azo groups is 1. The molecule has 0 atom stereocenters. The van der Waals surface area contributed by atoms with Crippen LogP contribution in [-0.4, -0.2) is 22.1 Å². The number of fused-ring (bicyclic) bond motifs is 2. The van der Waals surface area contributed by atoms with E-state index in [1.165, 1.54) is 0 Å². The molecule has 7 heteroatoms. The Morgan fingerprint density at radius 1 is 1.10 bits per heavy atom. The fourth-order valence-electron chi connectivity index (χ4n) is 3.33. The molecule has 1 heterocycles. The maximum atomic E-state index is 12.2. The number of amides is 1. The lowest BCUT2D eigenvalue weighted by molar-refractivity contribution is -0.116. The first kappa shape index (κ1) is 19.1. The Morgan fingerprint density at radius 2 is 1.90 bits per heavy atom. The third-order valence-corrected chi connectivity index (χ3v) is 5.24. The zero-order valence-electron chi connectivity index (χ0n) is 15.8. The van der Waals surface area contributed by atoms with Gasteiger partial charge in [-0.25, -0.2) is 0 Å². The summed E-state index contributed by atoms with van der Waals surface area (Å²) in [6.07, 6.45) is 0. The molecular formula is C22H19BrN4O2. The van der Waals surface area contributed by atoms with Gasteiger partial charge in [-0.15, -0.1) is 10.2 Å². The van der Waals surface area contributed by atoms with Gasteiger partial charge in [-0.2, -0.15) is 0 Å². The number of hydrogen-bond donors (Lipinski definition) is 2. The van der Waals surface area contributed by atoms with Gasteiger partial charge < -0.3 is 15.0 Å². The fourth-order valence-corrected chi connectivity index (χ4v) is 3.69. The standard InChI is InChI=1S/C22H19BrN4O2/c1-2-27-19-10-8-16(23)12-18(19)21(22(27)29)26-25-20(28)13-24-17-9-7-14-5-3-4-6-15(14)11-17/h3-12,24,29H,2,13H2,1H3. The van der Waals surface area contributed by atoms with Crippen LogP contribution in [0, 0.1) is 0 Å². The smallest absolute Gasteiger partial charge is 0.283 e. The van der Waals surface area contributed by atoms with Crippen molar-refractivity contribution in [3.05, 3.63) is 65.1 Å². The topological polar surface area (TPSA) is 79.0 Å². The van der Waals surface area contributed by atoms with Crippen LogP contribution in [0.4, 0.5) is 11.4 Å². The van der Waals surface area contributed by atoms with E-state index in [1.807, 2.05) is 67.6 Å². The average Bonchev–Trinajstić information content (AvgIpc) is 3.00. The molecule has 0 unspecified atom stereocenters. The highest BCUT2D eigenvalue weighted by atomic mass is 79.9. The van der Waals surface area contributed by atoms with E-state index in [0.29, 0.717) is 12.2 Å². The van der Waals surface area contributed by atoms with Crippen molar-refractivity contribution in [1.29, 1.82) is 0 Å². The second-order valence-electron chi connectivity index (χ2n) is 6.59. The normalized spacial score (nSPS) is 11.5. The highest BCUT2D eigenvalue weighted by Gasteiger charge is 2.16. The maximum Gasteiger partial charge on any atom is 0.283 e. The molecule has 6 nitrogen and oxygen atoms in total. The molecule has 0 spiro atoms. The van der Waals surface area contributed by atoms with Crippen molar-refractivity contribution in [2.24, 2.45) is 10.2 Å². The van der Waals surface area contributed by atoms with Crippen molar-refractivity contribution < 1.29 is 9.90 Å². The van der Waals surface area contributed by atoms with Gasteiger partial charge in [-0.3, -0.25) is 4.79 Å². The van der Waals surface area contributed by atoms with Crippen molar-refractivity contribution >= 4 is 54.9 Å². The number of nitrogens with zero attached hydrogens (tertiary/aromatic N) is 3. The third kappa shape index (κ3) is 3.86. The number of rotatable bonds is 5. The van der Waals surface area contributed by atoms with Crippen molar-refractivity contribution in [1.82, 2.24) is 4.57 Å². The van der Waals surface area contributed by atoms with Gasteiger partial charge in [0, 0.05) is 22.1 Å². The van der Waals surface area contributed by atoms with E-state index in [4.69, 9.17) is 0 Å². The quantitative estimate of drug-likeness (QED) is 0.365. The third-order valence-electron chi connectivity index (χ3n) is 4.74. The van der Waals surface area contributed by atoms with Crippen LogP contribution < -0.4 is 5.32 Å². The monoisotopic (exact) mass is 450 g/mol. The van der Waals surface area contributed by atoms with Crippen molar-refractivity contribution in [2.45, 2.75) is 13.5 Å². The van der Waals surface area contributed by atoms with E-state index in [0.717, 1.165) is 31.8 Å². The molecule has 0 bridgehead atoms. The van der Waals surface area contributed by atoms with Crippen LogP contribution in [0.3, 0.4) is 0 Å². The molecule has 0 aliphatic heterocycles. The second kappa shape index (κ2) is 8.05. The van der Waals surface area contributed by atoms with E-state index in [-0.39, 0.29) is 12.4 Å². The Hall–Kier alpha value is -3.19. The molecule has 0 aliphatic rings. The summed E-state index contributed by atoms with van der Waals surface area (Å²) in [6.45, 7) is 2.52. The number of nitrogens with one attached hydrogen (secondary N) is 1. The van der Waals surface area contributed by atoms with Crippen LogP contribution >= 0.6 is 15.9 Å². The molecule has 29 heavy (non-hydrogen) atoms. The highest BCUT2D eigenvalue weighted by molar-refractivity contribution is 9.10. The summed E-state index contributed by atoms with van der Waals surface area (Å²) >= 11 is 3.43. The molecule has 4 aromatic rings. The molecule has 0 aliphatic carbocycles. The molecule has 146 valence electrons. The Balaban J connectivity index is 1.52. The largest absolute Gasteiger partial charge is 0.493 e. The number of hydrogen-bond acceptors (Lipinski definition) is 4. The van der Waals surface area contributed by atoms with E-state index in [9.17, 15) is 9.90 Å².